The van der Waals surface area contributed by atoms with Crippen molar-refractivity contribution >= 4 is 15.9 Å². The van der Waals surface area contributed by atoms with Gasteiger partial charge in [0.15, 0.2) is 0 Å². The van der Waals surface area contributed by atoms with Crippen molar-refractivity contribution in [2.24, 2.45) is 0 Å². The predicted molar refractivity (Wildman–Crippen MR) is 35.4 cm³/mol. The van der Waals surface area contributed by atoms with E-state index in [1.54, 1.807) is 0 Å². The number of allylic oxidation sites excluding steroid dienone is 4. The average molecular weight is 159 g/mol. The summed E-state index contributed by atoms with van der Waals surface area (Å²) in [6.07, 6.45) is 5.33. The zero-order chi connectivity index (χ0) is 5.28. The normalized spacial score (nSPS) is 19.1. The lowest BCUT2D eigenvalue weighted by Crippen LogP contribution is -1.64. The van der Waals surface area contributed by atoms with E-state index in [-0.39, 0.29) is 0 Å². The molecule has 0 saturated heterocycles. The highest BCUT2D eigenvalue weighted by Gasteiger charge is 1.97. The van der Waals surface area contributed by atoms with E-state index in [4.69, 9.17) is 0 Å². The number of halogens is 1. The highest BCUT2D eigenvalue weighted by Crippen LogP contribution is 2.22. The van der Waals surface area contributed by atoms with Crippen LogP contribution in [0.5, 0.6) is 0 Å². The molecule has 0 aliphatic heterocycles. The van der Waals surface area contributed by atoms with E-state index >= 15 is 0 Å². The maximum Gasteiger partial charge on any atom is -0.0000336 e. The topological polar surface area (TPSA) is 0 Å². The summed E-state index contributed by atoms with van der Waals surface area (Å²) in [5, 5.41) is 0. The van der Waals surface area contributed by atoms with Gasteiger partial charge < -0.3 is 0 Å². The van der Waals surface area contributed by atoms with Crippen molar-refractivity contribution in [1.82, 2.24) is 0 Å². The molecule has 0 N–H and O–H groups in total. The van der Waals surface area contributed by atoms with Crippen molar-refractivity contribution in [2.75, 3.05) is 0 Å². The smallest absolute Gasteiger partial charge is 0.0000336 e. The number of hydrogen-bond donors (Lipinski definition) is 0. The zero-order valence-corrected chi connectivity index (χ0v) is 5.83. The molecule has 1 heteroatoms. The van der Waals surface area contributed by atoms with Gasteiger partial charge >= 0.3 is 0 Å². The van der Waals surface area contributed by atoms with Gasteiger partial charge in [0.2, 0.25) is 0 Å². The van der Waals surface area contributed by atoms with E-state index in [0.717, 1.165) is 6.42 Å². The van der Waals surface area contributed by atoms with Crippen molar-refractivity contribution in [3.05, 3.63) is 22.2 Å². The van der Waals surface area contributed by atoms with Gasteiger partial charge in [0.05, 0.1) is 0 Å². The fourth-order valence-electron chi connectivity index (χ4n) is 0.617. The minimum Gasteiger partial charge on any atom is -0.0684 e. The summed E-state index contributed by atoms with van der Waals surface area (Å²) in [6.45, 7) is 2.13. The van der Waals surface area contributed by atoms with Crippen LogP contribution in [0.3, 0.4) is 0 Å². The number of hydrogen-bond acceptors (Lipinski definition) is 0. The standard InChI is InChI=1S/C6H7Br/c1-5-2-3-6(7)4-5/h2-3H,4H2,1H3. The summed E-state index contributed by atoms with van der Waals surface area (Å²) in [7, 11) is 0. The number of rotatable bonds is 0. The molecule has 0 spiro atoms. The van der Waals surface area contributed by atoms with Gasteiger partial charge in [-0.1, -0.05) is 33.7 Å². The largest absolute Gasteiger partial charge is 0.0684 e. The fraction of sp³-hybridized carbons (Fsp3) is 0.333. The van der Waals surface area contributed by atoms with Crippen molar-refractivity contribution in [1.29, 1.82) is 0 Å². The second-order valence-corrected chi connectivity index (χ2v) is 2.82. The lowest BCUT2D eigenvalue weighted by molar-refractivity contribution is 1.24. The van der Waals surface area contributed by atoms with Gasteiger partial charge in [-0.2, -0.15) is 0 Å². The lowest BCUT2D eigenvalue weighted by Gasteiger charge is -1.85. The molecule has 0 radical (unpaired) electrons. The quantitative estimate of drug-likeness (QED) is 0.509. The molecule has 0 saturated carbocycles. The van der Waals surface area contributed by atoms with Crippen molar-refractivity contribution in [2.45, 2.75) is 13.3 Å². The summed E-state index contributed by atoms with van der Waals surface area (Å²) in [5.74, 6) is 0. The van der Waals surface area contributed by atoms with E-state index in [1.165, 1.54) is 10.1 Å². The first-order valence-corrected chi connectivity index (χ1v) is 3.10. The maximum atomic E-state index is 3.39. The molecule has 0 atom stereocenters. The van der Waals surface area contributed by atoms with Crippen LogP contribution >= 0.6 is 15.9 Å². The van der Waals surface area contributed by atoms with Crippen molar-refractivity contribution < 1.29 is 0 Å². The van der Waals surface area contributed by atoms with Gasteiger partial charge in [0, 0.05) is 0 Å². The molecule has 1 rings (SSSR count). The third kappa shape index (κ3) is 1.16. The average Bonchev–Trinajstić information content (AvgIpc) is 1.87. The zero-order valence-electron chi connectivity index (χ0n) is 4.24. The Hall–Kier alpha value is -0.0400. The molecule has 0 fully saturated rings. The Kier molecular flexibility index (Phi) is 1.33. The highest BCUT2D eigenvalue weighted by atomic mass is 79.9. The molecular weight excluding hydrogens is 152 g/mol. The SMILES string of the molecule is CC1=CC=C(Br)C1. The van der Waals surface area contributed by atoms with Gasteiger partial charge in [-0.25, -0.2) is 0 Å². The molecule has 0 nitrogen and oxygen atoms in total. The van der Waals surface area contributed by atoms with Crippen LogP contribution < -0.4 is 0 Å². The van der Waals surface area contributed by atoms with Crippen molar-refractivity contribution in [3.63, 3.8) is 0 Å². The van der Waals surface area contributed by atoms with Gasteiger partial charge in [-0.3, -0.25) is 0 Å². The first-order valence-electron chi connectivity index (χ1n) is 2.31. The van der Waals surface area contributed by atoms with Crippen LogP contribution in [-0.4, -0.2) is 0 Å². The second-order valence-electron chi connectivity index (χ2n) is 1.80. The molecule has 0 heterocycles. The Morgan fingerprint density at radius 3 is 2.43 bits per heavy atom. The molecule has 0 aromatic carbocycles. The third-order valence-corrected chi connectivity index (χ3v) is 1.54. The molecule has 1 aliphatic rings. The summed E-state index contributed by atoms with van der Waals surface area (Å²) < 4.78 is 1.30. The molecule has 7 heavy (non-hydrogen) atoms. The first kappa shape index (κ1) is 5.10. The monoisotopic (exact) mass is 158 g/mol. The molecule has 0 bridgehead atoms. The summed E-state index contributed by atoms with van der Waals surface area (Å²) >= 11 is 3.39. The molecular formula is C6H7Br. The minimum atomic E-state index is 1.11. The highest BCUT2D eigenvalue weighted by molar-refractivity contribution is 9.11. The van der Waals surface area contributed by atoms with E-state index in [2.05, 4.69) is 35.0 Å². The molecule has 0 amide bonds. The van der Waals surface area contributed by atoms with Crippen LogP contribution in [0.2, 0.25) is 0 Å². The Labute approximate surface area is 52.0 Å². The van der Waals surface area contributed by atoms with Crippen LogP contribution in [0.15, 0.2) is 22.2 Å². The Morgan fingerprint density at radius 2 is 2.29 bits per heavy atom. The fourth-order valence-corrected chi connectivity index (χ4v) is 1.19. The van der Waals surface area contributed by atoms with Gasteiger partial charge in [0.1, 0.15) is 0 Å². The Morgan fingerprint density at radius 1 is 1.57 bits per heavy atom. The maximum absolute atomic E-state index is 3.39. The molecule has 0 unspecified atom stereocenters. The second kappa shape index (κ2) is 1.83. The van der Waals surface area contributed by atoms with Gasteiger partial charge in [0.25, 0.3) is 0 Å². The lowest BCUT2D eigenvalue weighted by atomic mass is 10.3. The van der Waals surface area contributed by atoms with Crippen molar-refractivity contribution in [3.8, 4) is 0 Å². The summed E-state index contributed by atoms with van der Waals surface area (Å²) in [4.78, 5) is 0. The first-order chi connectivity index (χ1) is 3.29. The Balaban J connectivity index is 2.61. The van der Waals surface area contributed by atoms with Crippen LogP contribution in [-0.2, 0) is 0 Å². The molecule has 0 aromatic rings. The van der Waals surface area contributed by atoms with Crippen LogP contribution in [0.25, 0.3) is 0 Å². The summed E-state index contributed by atoms with van der Waals surface area (Å²) in [5.41, 5.74) is 1.44. The van der Waals surface area contributed by atoms with Crippen LogP contribution in [0.1, 0.15) is 13.3 Å². The third-order valence-electron chi connectivity index (χ3n) is 0.996. The van der Waals surface area contributed by atoms with E-state index in [9.17, 15) is 0 Å². The van der Waals surface area contributed by atoms with E-state index in [1.807, 2.05) is 0 Å². The van der Waals surface area contributed by atoms with Crippen LogP contribution in [0.4, 0.5) is 0 Å². The van der Waals surface area contributed by atoms with Gasteiger partial charge in [-0.15, -0.1) is 0 Å². The molecule has 0 aromatic heterocycles. The Bertz CT molecular complexity index is 115. The molecule has 1 aliphatic carbocycles. The molecule has 38 valence electrons. The minimum absolute atomic E-state index is 1.11. The van der Waals surface area contributed by atoms with E-state index in [0.29, 0.717) is 0 Å². The van der Waals surface area contributed by atoms with Crippen LogP contribution in [0, 0.1) is 0 Å². The van der Waals surface area contributed by atoms with Gasteiger partial charge in [-0.05, 0) is 17.8 Å². The predicted octanol–water partition coefficient (Wildman–Crippen LogP) is 2.62. The summed E-state index contributed by atoms with van der Waals surface area (Å²) in [6, 6.07) is 0. The van der Waals surface area contributed by atoms with E-state index < -0.39 is 0 Å².